The molecular formula is C17H22IN5S. The smallest absolute Gasteiger partial charge is 0.194 e. The van der Waals surface area contributed by atoms with Gasteiger partial charge >= 0.3 is 0 Å². The first-order valence-electron chi connectivity index (χ1n) is 7.55. The van der Waals surface area contributed by atoms with Gasteiger partial charge in [0, 0.05) is 30.7 Å². The third kappa shape index (κ3) is 4.47. The Hall–Kier alpha value is -1.61. The van der Waals surface area contributed by atoms with Crippen molar-refractivity contribution in [2.45, 2.75) is 20.0 Å². The molecule has 3 aromatic rings. The Kier molecular flexibility index (Phi) is 6.61. The van der Waals surface area contributed by atoms with E-state index in [1.807, 2.05) is 20.0 Å². The lowest BCUT2D eigenvalue weighted by molar-refractivity contribution is 0.470. The van der Waals surface area contributed by atoms with Crippen molar-refractivity contribution in [3.05, 3.63) is 52.1 Å². The summed E-state index contributed by atoms with van der Waals surface area (Å²) in [6, 6.07) is 10.5. The first-order chi connectivity index (χ1) is 11.2. The molecule has 128 valence electrons. The molecule has 0 spiro atoms. The molecule has 0 amide bonds. The molecule has 3 rings (SSSR count). The molecule has 5 nitrogen and oxygen atoms in total. The van der Waals surface area contributed by atoms with Crippen LogP contribution in [0.25, 0.3) is 10.9 Å². The van der Waals surface area contributed by atoms with Crippen LogP contribution in [-0.2, 0) is 13.1 Å². The van der Waals surface area contributed by atoms with Gasteiger partial charge in [-0.05, 0) is 24.4 Å². The van der Waals surface area contributed by atoms with E-state index in [0.29, 0.717) is 6.54 Å². The van der Waals surface area contributed by atoms with Crippen LogP contribution in [0.4, 0.5) is 0 Å². The van der Waals surface area contributed by atoms with Crippen molar-refractivity contribution < 1.29 is 0 Å². The summed E-state index contributed by atoms with van der Waals surface area (Å²) in [7, 11) is 3.82. The minimum Gasteiger partial charge on any atom is -0.357 e. The molecule has 24 heavy (non-hydrogen) atoms. The number of hydrogen-bond acceptors (Lipinski definition) is 3. The predicted octanol–water partition coefficient (Wildman–Crippen LogP) is 3.76. The molecule has 0 saturated carbocycles. The number of aliphatic imine (C=N–C) groups is 1. The standard InChI is InChI=1S/C17H21N5S.HI/c1-12-20-15(11-23-12)10-22(3)17(18-2)19-9-14-8-13-6-4-5-7-16(13)21-14;/h4-8,11,21H,9-10H2,1-3H3,(H,18,19);1H. The molecule has 0 aliphatic rings. The second kappa shape index (κ2) is 8.48. The molecule has 0 aliphatic heterocycles. The zero-order chi connectivity index (χ0) is 16.2. The van der Waals surface area contributed by atoms with Crippen molar-refractivity contribution in [1.82, 2.24) is 20.2 Å². The molecule has 0 aliphatic carbocycles. The number of guanidine groups is 1. The maximum atomic E-state index is 4.50. The Bertz CT molecular complexity index is 790. The van der Waals surface area contributed by atoms with Gasteiger partial charge < -0.3 is 15.2 Å². The number of aromatic nitrogens is 2. The van der Waals surface area contributed by atoms with E-state index < -0.39 is 0 Å². The molecule has 2 aromatic heterocycles. The molecule has 2 heterocycles. The van der Waals surface area contributed by atoms with Gasteiger partial charge in [0.15, 0.2) is 5.96 Å². The highest BCUT2D eigenvalue weighted by Crippen LogP contribution is 2.14. The van der Waals surface area contributed by atoms with E-state index in [0.717, 1.165) is 34.4 Å². The molecule has 0 atom stereocenters. The average molecular weight is 455 g/mol. The molecule has 7 heteroatoms. The van der Waals surface area contributed by atoms with Crippen molar-refractivity contribution in [3.63, 3.8) is 0 Å². The summed E-state index contributed by atoms with van der Waals surface area (Å²) in [4.78, 5) is 14.4. The highest BCUT2D eigenvalue weighted by molar-refractivity contribution is 14.0. The van der Waals surface area contributed by atoms with Gasteiger partial charge in [-0.2, -0.15) is 0 Å². The fraction of sp³-hybridized carbons (Fsp3) is 0.294. The quantitative estimate of drug-likeness (QED) is 0.358. The summed E-state index contributed by atoms with van der Waals surface area (Å²) < 4.78 is 0. The molecule has 0 radical (unpaired) electrons. The zero-order valence-electron chi connectivity index (χ0n) is 14.0. The Morgan fingerprint density at radius 3 is 2.83 bits per heavy atom. The van der Waals surface area contributed by atoms with Crippen LogP contribution in [0.1, 0.15) is 16.4 Å². The van der Waals surface area contributed by atoms with E-state index in [1.54, 1.807) is 18.4 Å². The second-order valence-corrected chi connectivity index (χ2v) is 6.56. The number of hydrogen-bond donors (Lipinski definition) is 2. The van der Waals surface area contributed by atoms with Crippen LogP contribution in [-0.4, -0.2) is 34.9 Å². The fourth-order valence-electron chi connectivity index (χ4n) is 2.59. The number of nitrogens with zero attached hydrogens (tertiary/aromatic N) is 3. The molecule has 0 bridgehead atoms. The molecule has 0 unspecified atom stereocenters. The number of aromatic amines is 1. The van der Waals surface area contributed by atoms with Crippen molar-refractivity contribution >= 4 is 52.2 Å². The van der Waals surface area contributed by atoms with Gasteiger partial charge in [0.05, 0.1) is 23.8 Å². The SMILES string of the molecule is CN=C(NCc1cc2ccccc2[nH]1)N(C)Cc1csc(C)n1.I. The summed E-state index contributed by atoms with van der Waals surface area (Å²) in [6.45, 7) is 3.48. The number of nitrogens with one attached hydrogen (secondary N) is 2. The van der Waals surface area contributed by atoms with Gasteiger partial charge in [0.2, 0.25) is 0 Å². The maximum absolute atomic E-state index is 4.50. The summed E-state index contributed by atoms with van der Waals surface area (Å²) in [5.74, 6) is 0.856. The zero-order valence-corrected chi connectivity index (χ0v) is 17.2. The minimum atomic E-state index is 0. The normalized spacial score (nSPS) is 11.4. The van der Waals surface area contributed by atoms with Crippen molar-refractivity contribution in [2.24, 2.45) is 4.99 Å². The molecule has 0 saturated heterocycles. The van der Waals surface area contributed by atoms with E-state index in [1.165, 1.54) is 5.39 Å². The first-order valence-corrected chi connectivity index (χ1v) is 8.43. The summed E-state index contributed by atoms with van der Waals surface area (Å²) in [5.41, 5.74) is 3.37. The topological polar surface area (TPSA) is 56.3 Å². The monoisotopic (exact) mass is 455 g/mol. The second-order valence-electron chi connectivity index (χ2n) is 5.50. The van der Waals surface area contributed by atoms with Gasteiger partial charge in [-0.1, -0.05) is 18.2 Å². The summed E-state index contributed by atoms with van der Waals surface area (Å²) in [6.07, 6.45) is 0. The number of H-pyrrole nitrogens is 1. The number of halogens is 1. The van der Waals surface area contributed by atoms with Gasteiger partial charge in [-0.25, -0.2) is 4.98 Å². The van der Waals surface area contributed by atoms with Crippen LogP contribution < -0.4 is 5.32 Å². The number of para-hydroxylation sites is 1. The summed E-state index contributed by atoms with van der Waals surface area (Å²) >= 11 is 1.68. The van der Waals surface area contributed by atoms with Crippen LogP contribution >= 0.6 is 35.3 Å². The maximum Gasteiger partial charge on any atom is 0.194 e. The Balaban J connectivity index is 0.00000208. The lowest BCUT2D eigenvalue weighted by Gasteiger charge is -2.20. The lowest BCUT2D eigenvalue weighted by Crippen LogP contribution is -2.38. The van der Waals surface area contributed by atoms with E-state index in [9.17, 15) is 0 Å². The van der Waals surface area contributed by atoms with E-state index in [2.05, 4.69) is 54.8 Å². The van der Waals surface area contributed by atoms with Crippen LogP contribution in [0.15, 0.2) is 40.7 Å². The third-order valence-electron chi connectivity index (χ3n) is 3.66. The van der Waals surface area contributed by atoms with Crippen molar-refractivity contribution in [1.29, 1.82) is 0 Å². The summed E-state index contributed by atoms with van der Waals surface area (Å²) in [5, 5.41) is 7.81. The number of thiazole rings is 1. The van der Waals surface area contributed by atoms with Gasteiger partial charge in [0.25, 0.3) is 0 Å². The Morgan fingerprint density at radius 1 is 1.38 bits per heavy atom. The van der Waals surface area contributed by atoms with Gasteiger partial charge in [-0.15, -0.1) is 35.3 Å². The number of benzene rings is 1. The van der Waals surface area contributed by atoms with Crippen LogP contribution in [0, 0.1) is 6.92 Å². The number of rotatable bonds is 4. The van der Waals surface area contributed by atoms with E-state index in [-0.39, 0.29) is 24.0 Å². The van der Waals surface area contributed by atoms with Crippen LogP contribution in [0.5, 0.6) is 0 Å². The molecular weight excluding hydrogens is 433 g/mol. The van der Waals surface area contributed by atoms with Gasteiger partial charge in [-0.3, -0.25) is 4.99 Å². The largest absolute Gasteiger partial charge is 0.357 e. The highest BCUT2D eigenvalue weighted by Gasteiger charge is 2.09. The lowest BCUT2D eigenvalue weighted by atomic mass is 10.2. The molecule has 2 N–H and O–H groups in total. The number of fused-ring (bicyclic) bond motifs is 1. The first kappa shape index (κ1) is 18.7. The minimum absolute atomic E-state index is 0. The van der Waals surface area contributed by atoms with Crippen LogP contribution in [0.3, 0.4) is 0 Å². The average Bonchev–Trinajstić information content (AvgIpc) is 3.13. The Morgan fingerprint density at radius 2 is 2.17 bits per heavy atom. The van der Waals surface area contributed by atoms with Crippen LogP contribution in [0.2, 0.25) is 0 Å². The third-order valence-corrected chi connectivity index (χ3v) is 4.48. The Labute approximate surface area is 163 Å². The van der Waals surface area contributed by atoms with Crippen molar-refractivity contribution in [3.8, 4) is 0 Å². The molecule has 1 aromatic carbocycles. The number of aryl methyl sites for hydroxylation is 1. The fourth-order valence-corrected chi connectivity index (χ4v) is 3.19. The van der Waals surface area contributed by atoms with Gasteiger partial charge in [0.1, 0.15) is 0 Å². The highest BCUT2D eigenvalue weighted by atomic mass is 127. The van der Waals surface area contributed by atoms with E-state index in [4.69, 9.17) is 0 Å². The molecule has 0 fully saturated rings. The predicted molar refractivity (Wildman–Crippen MR) is 112 cm³/mol. The van der Waals surface area contributed by atoms with E-state index >= 15 is 0 Å². The van der Waals surface area contributed by atoms with Crippen molar-refractivity contribution in [2.75, 3.05) is 14.1 Å².